The van der Waals surface area contributed by atoms with Gasteiger partial charge in [-0.1, -0.05) is 27.7 Å². The summed E-state index contributed by atoms with van der Waals surface area (Å²) < 4.78 is 34.4. The molecule has 17 heteroatoms. The molecule has 0 bridgehead atoms. The molecule has 3 rings (SSSR count). The lowest BCUT2D eigenvalue weighted by atomic mass is 9.81. The maximum absolute atomic E-state index is 11.8. The lowest BCUT2D eigenvalue weighted by Gasteiger charge is -2.52. The molecule has 0 aromatic heterocycles. The fraction of sp³-hybridized carbons (Fsp3) is 0.964. The number of carboxylic acids is 1. The molecule has 0 radical (unpaired) electrons. The third-order valence-electron chi connectivity index (χ3n) is 9.59. The molecule has 0 aliphatic carbocycles. The van der Waals surface area contributed by atoms with E-state index >= 15 is 0 Å². The van der Waals surface area contributed by atoms with Crippen LogP contribution in [0.3, 0.4) is 0 Å². The largest absolute Gasteiger partial charge is 0.479 e. The van der Waals surface area contributed by atoms with Crippen LogP contribution in [0.1, 0.15) is 47.0 Å². The van der Waals surface area contributed by atoms with Crippen LogP contribution in [0.2, 0.25) is 0 Å². The number of hydrogen-bond donors (Lipinski definition) is 10. The Morgan fingerprint density at radius 3 is 1.84 bits per heavy atom. The monoisotopic (exact) mass is 658 g/mol. The van der Waals surface area contributed by atoms with E-state index in [1.165, 1.54) is 7.11 Å². The maximum Gasteiger partial charge on any atom is 0.335 e. The maximum atomic E-state index is 11.8. The first kappa shape index (κ1) is 38.3. The van der Waals surface area contributed by atoms with E-state index in [1.807, 2.05) is 0 Å². The Kier molecular flexibility index (Phi) is 13.1. The number of hydrogen-bond acceptors (Lipinski definition) is 16. The predicted molar refractivity (Wildman–Crippen MR) is 148 cm³/mol. The summed E-state index contributed by atoms with van der Waals surface area (Å²) in [4.78, 5) is 11.8. The zero-order valence-corrected chi connectivity index (χ0v) is 26.0. The molecule has 0 spiro atoms. The molecule has 3 fully saturated rings. The number of aliphatic hydroxyl groups is 9. The van der Waals surface area contributed by atoms with Gasteiger partial charge in [0.25, 0.3) is 0 Å². The van der Waals surface area contributed by atoms with Gasteiger partial charge in [0.05, 0.1) is 18.8 Å². The van der Waals surface area contributed by atoms with Crippen LogP contribution in [-0.4, -0.2) is 174 Å². The average Bonchev–Trinajstić information content (AvgIpc) is 3.03. The van der Waals surface area contributed by atoms with Crippen LogP contribution in [0.15, 0.2) is 0 Å². The van der Waals surface area contributed by atoms with Crippen molar-refractivity contribution in [3.63, 3.8) is 0 Å². The van der Waals surface area contributed by atoms with Gasteiger partial charge in [-0.25, -0.2) is 4.79 Å². The molecular weight excluding hydrogens is 608 g/mol. The second-order valence-corrected chi connectivity index (χ2v) is 12.0. The minimum atomic E-state index is -2.18. The van der Waals surface area contributed by atoms with Gasteiger partial charge < -0.3 is 79.5 Å². The first-order valence-electron chi connectivity index (χ1n) is 15.2. The van der Waals surface area contributed by atoms with Crippen LogP contribution < -0.4 is 0 Å². The quantitative estimate of drug-likeness (QED) is 0.0908. The fourth-order valence-electron chi connectivity index (χ4n) is 6.26. The van der Waals surface area contributed by atoms with Gasteiger partial charge in [0.2, 0.25) is 5.79 Å². The van der Waals surface area contributed by atoms with Crippen LogP contribution >= 0.6 is 0 Å². The molecule has 3 aliphatic heterocycles. The van der Waals surface area contributed by atoms with Crippen LogP contribution in [0, 0.1) is 5.92 Å². The molecule has 3 aliphatic rings. The molecule has 0 aromatic carbocycles. The highest BCUT2D eigenvalue weighted by Gasteiger charge is 2.60. The lowest BCUT2D eigenvalue weighted by Crippen LogP contribution is -2.70. The summed E-state index contributed by atoms with van der Waals surface area (Å²) in [7, 11) is 1.24. The van der Waals surface area contributed by atoms with E-state index in [9.17, 15) is 55.9 Å². The van der Waals surface area contributed by atoms with Crippen molar-refractivity contribution in [2.24, 2.45) is 5.92 Å². The van der Waals surface area contributed by atoms with Crippen molar-refractivity contribution in [2.45, 2.75) is 144 Å². The van der Waals surface area contributed by atoms with Crippen LogP contribution in [0.4, 0.5) is 0 Å². The smallest absolute Gasteiger partial charge is 0.335 e. The number of ether oxygens (including phenoxy) is 6. The summed E-state index contributed by atoms with van der Waals surface area (Å²) in [5.41, 5.74) is -1.38. The van der Waals surface area contributed by atoms with E-state index in [2.05, 4.69) is 0 Å². The molecule has 0 aromatic rings. The van der Waals surface area contributed by atoms with Gasteiger partial charge >= 0.3 is 5.97 Å². The number of aliphatic hydroxyl groups excluding tert-OH is 9. The number of aliphatic carboxylic acids is 1. The second kappa shape index (κ2) is 15.4. The molecular formula is C28H50O17. The normalized spacial score (nSPS) is 45.3. The minimum absolute atomic E-state index is 0.173. The summed E-state index contributed by atoms with van der Waals surface area (Å²) in [6.45, 7) is 5.67. The lowest BCUT2D eigenvalue weighted by molar-refractivity contribution is -0.384. The molecule has 16 atom stereocenters. The summed E-state index contributed by atoms with van der Waals surface area (Å²) in [6, 6.07) is 0. The number of methoxy groups -OCH3 is 1. The van der Waals surface area contributed by atoms with E-state index in [0.717, 1.165) is 0 Å². The first-order chi connectivity index (χ1) is 21.1. The van der Waals surface area contributed by atoms with E-state index < -0.39 is 116 Å². The van der Waals surface area contributed by atoms with Crippen molar-refractivity contribution in [1.29, 1.82) is 0 Å². The first-order valence-corrected chi connectivity index (χ1v) is 15.2. The van der Waals surface area contributed by atoms with Gasteiger partial charge in [0.1, 0.15) is 73.2 Å². The van der Waals surface area contributed by atoms with Gasteiger partial charge in [-0.3, -0.25) is 0 Å². The predicted octanol–water partition coefficient (Wildman–Crippen LogP) is -3.81. The van der Waals surface area contributed by atoms with Crippen LogP contribution in [0.5, 0.6) is 0 Å². The molecule has 0 amide bonds. The highest BCUT2D eigenvalue weighted by atomic mass is 16.7. The number of carbonyl (C=O) groups is 1. The Morgan fingerprint density at radius 2 is 1.33 bits per heavy atom. The molecule has 3 heterocycles. The number of carboxylic acid groups (broad SMARTS) is 1. The topological polar surface area (TPSA) is 275 Å². The van der Waals surface area contributed by atoms with Crippen LogP contribution in [0.25, 0.3) is 0 Å². The molecule has 16 unspecified atom stereocenters. The molecule has 264 valence electrons. The van der Waals surface area contributed by atoms with Gasteiger partial charge in [-0.15, -0.1) is 0 Å². The van der Waals surface area contributed by atoms with E-state index in [4.69, 9.17) is 28.4 Å². The molecule has 17 nitrogen and oxygen atoms in total. The Hall–Kier alpha value is -1.13. The Balaban J connectivity index is 1.86. The van der Waals surface area contributed by atoms with Crippen molar-refractivity contribution in [3.8, 4) is 0 Å². The molecule has 10 N–H and O–H groups in total. The van der Waals surface area contributed by atoms with Gasteiger partial charge in [0.15, 0.2) is 12.4 Å². The molecule has 3 saturated heterocycles. The van der Waals surface area contributed by atoms with Gasteiger partial charge in [-0.05, 0) is 19.3 Å². The highest BCUT2D eigenvalue weighted by molar-refractivity contribution is 5.73. The van der Waals surface area contributed by atoms with Crippen molar-refractivity contribution in [3.05, 3.63) is 0 Å². The molecule has 0 saturated carbocycles. The zero-order valence-electron chi connectivity index (χ0n) is 26.0. The number of rotatable bonds is 13. The van der Waals surface area contributed by atoms with Gasteiger partial charge in [0, 0.05) is 13.0 Å². The summed E-state index contributed by atoms with van der Waals surface area (Å²) in [5, 5.41) is 105. The van der Waals surface area contributed by atoms with E-state index in [1.54, 1.807) is 27.7 Å². The Labute approximate surface area is 260 Å². The SMILES string of the molecule is CCC(C)C1(OCC2OC(C(CC)(CC)OCC3OC(OC)C(O)C(O)C3O)C(O)C(O)C2O)OC(C(=O)O)C(O)C(O)C1O. The van der Waals surface area contributed by atoms with Crippen molar-refractivity contribution < 1.29 is 84.3 Å². The second-order valence-electron chi connectivity index (χ2n) is 12.0. The fourth-order valence-corrected chi connectivity index (χ4v) is 6.26. The third kappa shape index (κ3) is 7.18. The third-order valence-corrected chi connectivity index (χ3v) is 9.59. The summed E-state index contributed by atoms with van der Waals surface area (Å²) in [6.07, 6.45) is -22.3. The van der Waals surface area contributed by atoms with Crippen molar-refractivity contribution >= 4 is 5.97 Å². The standard InChI is InChI=1S/C28H50O17/c1-6-11(4)28(23(37)19(34)18(33)22(45-28)25(38)39)42-10-12-14(29)16(31)20(35)24(43-12)27(7-2,8-3)41-9-13-15(30)17(32)21(36)26(40-5)44-13/h11-24,26,29-37H,6-10H2,1-5H3,(H,38,39). The summed E-state index contributed by atoms with van der Waals surface area (Å²) >= 11 is 0. The average molecular weight is 659 g/mol. The van der Waals surface area contributed by atoms with E-state index in [0.29, 0.717) is 0 Å². The minimum Gasteiger partial charge on any atom is -0.479 e. The molecule has 45 heavy (non-hydrogen) atoms. The zero-order chi connectivity index (χ0) is 34.0. The highest BCUT2D eigenvalue weighted by Crippen LogP contribution is 2.41. The summed E-state index contributed by atoms with van der Waals surface area (Å²) in [5.74, 6) is -4.56. The van der Waals surface area contributed by atoms with Crippen molar-refractivity contribution in [2.75, 3.05) is 20.3 Å². The Bertz CT molecular complexity index is 950. The van der Waals surface area contributed by atoms with Crippen molar-refractivity contribution in [1.82, 2.24) is 0 Å². The van der Waals surface area contributed by atoms with Crippen LogP contribution in [-0.2, 0) is 33.2 Å². The van der Waals surface area contributed by atoms with Gasteiger partial charge in [-0.2, -0.15) is 0 Å². The Morgan fingerprint density at radius 1 is 0.778 bits per heavy atom. The van der Waals surface area contributed by atoms with E-state index in [-0.39, 0.29) is 25.9 Å².